The zero-order valence-corrected chi connectivity index (χ0v) is 18.0. The highest BCUT2D eigenvalue weighted by atomic mass is 16.2. The molecule has 6 nitrogen and oxygen atoms in total. The summed E-state index contributed by atoms with van der Waals surface area (Å²) in [5, 5.41) is 3.27. The second-order valence-corrected chi connectivity index (χ2v) is 9.12. The molecule has 3 aliphatic rings. The maximum absolute atomic E-state index is 13.3. The number of amides is 2. The molecule has 1 N–H and O–H groups in total. The van der Waals surface area contributed by atoms with Crippen molar-refractivity contribution >= 4 is 17.6 Å². The van der Waals surface area contributed by atoms with Crippen LogP contribution in [0.1, 0.15) is 45.4 Å². The molecule has 2 aliphatic carbocycles. The van der Waals surface area contributed by atoms with E-state index in [0.29, 0.717) is 25.9 Å². The first-order chi connectivity index (χ1) is 14.6. The Hall–Kier alpha value is -2.37. The Morgan fingerprint density at radius 1 is 0.967 bits per heavy atom. The van der Waals surface area contributed by atoms with Crippen LogP contribution in [0.15, 0.2) is 36.5 Å². The number of hydrogen-bond acceptors (Lipinski definition) is 4. The van der Waals surface area contributed by atoms with Crippen LogP contribution in [0.4, 0.5) is 5.82 Å². The van der Waals surface area contributed by atoms with E-state index in [1.807, 2.05) is 23.1 Å². The molecule has 2 fully saturated rings. The van der Waals surface area contributed by atoms with Crippen LogP contribution >= 0.6 is 0 Å². The summed E-state index contributed by atoms with van der Waals surface area (Å²) in [7, 11) is 0. The Labute approximate surface area is 179 Å². The van der Waals surface area contributed by atoms with E-state index >= 15 is 0 Å². The predicted octanol–water partition coefficient (Wildman–Crippen LogP) is 3.01. The lowest BCUT2D eigenvalue weighted by Gasteiger charge is -2.39. The van der Waals surface area contributed by atoms with Crippen LogP contribution < -0.4 is 10.2 Å². The van der Waals surface area contributed by atoms with Crippen LogP contribution in [0.3, 0.4) is 0 Å². The summed E-state index contributed by atoms with van der Waals surface area (Å²) >= 11 is 0. The third-order valence-corrected chi connectivity index (χ3v) is 7.01. The molecule has 2 atom stereocenters. The minimum Gasteiger partial charge on any atom is -0.353 e. The van der Waals surface area contributed by atoms with E-state index in [1.165, 1.54) is 12.8 Å². The van der Waals surface area contributed by atoms with Gasteiger partial charge >= 0.3 is 0 Å². The fourth-order valence-electron chi connectivity index (χ4n) is 5.02. The van der Waals surface area contributed by atoms with Gasteiger partial charge in [-0.15, -0.1) is 0 Å². The Balaban J connectivity index is 1.34. The Kier molecular flexibility index (Phi) is 6.70. The van der Waals surface area contributed by atoms with Crippen molar-refractivity contribution in [2.75, 3.05) is 31.1 Å². The molecule has 0 radical (unpaired) electrons. The second kappa shape index (κ2) is 9.63. The highest BCUT2D eigenvalue weighted by molar-refractivity contribution is 5.88. The summed E-state index contributed by atoms with van der Waals surface area (Å²) in [5.74, 6) is 1.45. The van der Waals surface area contributed by atoms with Crippen LogP contribution in [0.2, 0.25) is 0 Å². The molecule has 6 heteroatoms. The smallest absolute Gasteiger partial charge is 0.226 e. The minimum absolute atomic E-state index is 0.0735. The number of anilines is 1. The maximum atomic E-state index is 13.3. The molecular weight excluding hydrogens is 376 g/mol. The Bertz CT molecular complexity index is 750. The first kappa shape index (κ1) is 20.9. The van der Waals surface area contributed by atoms with Crippen LogP contribution in [0.5, 0.6) is 0 Å². The third-order valence-electron chi connectivity index (χ3n) is 7.01. The Morgan fingerprint density at radius 3 is 2.33 bits per heavy atom. The number of pyridine rings is 1. The molecule has 2 heterocycles. The molecule has 1 saturated carbocycles. The quantitative estimate of drug-likeness (QED) is 0.775. The molecule has 2 unspecified atom stereocenters. The predicted molar refractivity (Wildman–Crippen MR) is 118 cm³/mol. The van der Waals surface area contributed by atoms with Gasteiger partial charge in [0.05, 0.1) is 11.8 Å². The average molecular weight is 411 g/mol. The van der Waals surface area contributed by atoms with Gasteiger partial charge in [-0.1, -0.05) is 25.1 Å². The zero-order chi connectivity index (χ0) is 20.9. The molecule has 0 aromatic carbocycles. The van der Waals surface area contributed by atoms with Crippen LogP contribution in [-0.2, 0) is 9.59 Å². The van der Waals surface area contributed by atoms with E-state index in [1.54, 1.807) is 6.20 Å². The summed E-state index contributed by atoms with van der Waals surface area (Å²) < 4.78 is 0. The van der Waals surface area contributed by atoms with E-state index in [2.05, 4.69) is 34.3 Å². The van der Waals surface area contributed by atoms with Crippen molar-refractivity contribution in [3.63, 3.8) is 0 Å². The molecule has 0 spiro atoms. The van der Waals surface area contributed by atoms with E-state index in [0.717, 1.165) is 37.7 Å². The number of aromatic nitrogens is 1. The van der Waals surface area contributed by atoms with Crippen molar-refractivity contribution < 1.29 is 9.59 Å². The summed E-state index contributed by atoms with van der Waals surface area (Å²) in [6.45, 7) is 5.21. The van der Waals surface area contributed by atoms with Crippen molar-refractivity contribution in [3.8, 4) is 0 Å². The van der Waals surface area contributed by atoms with Crippen LogP contribution in [-0.4, -0.2) is 53.9 Å². The standard InChI is InChI=1S/C24H34N4O2/c1-18-9-11-19(12-10-18)26-23(29)20-6-2-3-7-21(20)24(30)28-16-14-27(15-17-28)22-8-4-5-13-25-22/h2-5,8,13,18-21H,6-7,9-12,14-17H2,1H3,(H,26,29). The topological polar surface area (TPSA) is 65.5 Å². The van der Waals surface area contributed by atoms with Gasteiger partial charge in [0.2, 0.25) is 11.8 Å². The van der Waals surface area contributed by atoms with Crippen molar-refractivity contribution in [2.24, 2.45) is 17.8 Å². The van der Waals surface area contributed by atoms with E-state index in [9.17, 15) is 9.59 Å². The highest BCUT2D eigenvalue weighted by Gasteiger charge is 2.38. The molecule has 162 valence electrons. The maximum Gasteiger partial charge on any atom is 0.226 e. The third kappa shape index (κ3) is 4.85. The lowest BCUT2D eigenvalue weighted by atomic mass is 9.80. The summed E-state index contributed by atoms with van der Waals surface area (Å²) in [4.78, 5) is 35.0. The number of nitrogens with zero attached hydrogens (tertiary/aromatic N) is 3. The Morgan fingerprint density at radius 2 is 1.67 bits per heavy atom. The number of carbonyl (C=O) groups excluding carboxylic acids is 2. The minimum atomic E-state index is -0.240. The van der Waals surface area contributed by atoms with E-state index < -0.39 is 0 Å². The SMILES string of the molecule is CC1CCC(NC(=O)C2CC=CCC2C(=O)N2CCN(c3ccccn3)CC2)CC1. The fraction of sp³-hybridized carbons (Fsp3) is 0.625. The molecule has 2 amide bonds. The average Bonchev–Trinajstić information content (AvgIpc) is 2.81. The van der Waals surface area contributed by atoms with Gasteiger partial charge in [-0.05, 0) is 56.6 Å². The van der Waals surface area contributed by atoms with Crippen molar-refractivity contribution in [3.05, 3.63) is 36.5 Å². The molecule has 4 rings (SSSR count). The number of carbonyl (C=O) groups is 2. The molecule has 1 saturated heterocycles. The van der Waals surface area contributed by atoms with Crippen molar-refractivity contribution in [1.82, 2.24) is 15.2 Å². The first-order valence-corrected chi connectivity index (χ1v) is 11.5. The van der Waals surface area contributed by atoms with Gasteiger partial charge in [0.25, 0.3) is 0 Å². The van der Waals surface area contributed by atoms with Crippen LogP contribution in [0, 0.1) is 17.8 Å². The van der Waals surface area contributed by atoms with Crippen LogP contribution in [0.25, 0.3) is 0 Å². The van der Waals surface area contributed by atoms with Gasteiger partial charge < -0.3 is 15.1 Å². The molecule has 30 heavy (non-hydrogen) atoms. The summed E-state index contributed by atoms with van der Waals surface area (Å²) in [6, 6.07) is 6.19. The normalized spacial score (nSPS) is 29.5. The largest absolute Gasteiger partial charge is 0.353 e. The van der Waals surface area contributed by atoms with E-state index in [-0.39, 0.29) is 29.7 Å². The molecule has 1 aromatic rings. The lowest BCUT2D eigenvalue weighted by molar-refractivity contribution is -0.142. The number of piperazine rings is 1. The zero-order valence-electron chi connectivity index (χ0n) is 18.0. The van der Waals surface area contributed by atoms with Gasteiger partial charge in [-0.2, -0.15) is 0 Å². The summed E-state index contributed by atoms with van der Waals surface area (Å²) in [5.41, 5.74) is 0. The second-order valence-electron chi connectivity index (χ2n) is 9.12. The molecular formula is C24H34N4O2. The van der Waals surface area contributed by atoms with Gasteiger partial charge in [0.1, 0.15) is 5.82 Å². The first-order valence-electron chi connectivity index (χ1n) is 11.5. The number of hydrogen-bond donors (Lipinski definition) is 1. The van der Waals surface area contributed by atoms with Crippen molar-refractivity contribution in [1.29, 1.82) is 0 Å². The van der Waals surface area contributed by atoms with Crippen molar-refractivity contribution in [2.45, 2.75) is 51.5 Å². The number of rotatable bonds is 4. The van der Waals surface area contributed by atoms with Gasteiger partial charge in [-0.3, -0.25) is 9.59 Å². The lowest BCUT2D eigenvalue weighted by Crippen LogP contribution is -2.53. The molecule has 1 aliphatic heterocycles. The summed E-state index contributed by atoms with van der Waals surface area (Å²) in [6.07, 6.45) is 11.7. The number of allylic oxidation sites excluding steroid dienone is 2. The highest BCUT2D eigenvalue weighted by Crippen LogP contribution is 2.30. The molecule has 1 aromatic heterocycles. The van der Waals surface area contributed by atoms with Gasteiger partial charge in [0.15, 0.2) is 0 Å². The monoisotopic (exact) mass is 410 g/mol. The number of nitrogens with one attached hydrogen (secondary N) is 1. The van der Waals surface area contributed by atoms with Gasteiger partial charge in [0, 0.05) is 38.4 Å². The van der Waals surface area contributed by atoms with E-state index in [4.69, 9.17) is 0 Å². The molecule has 0 bridgehead atoms. The van der Waals surface area contributed by atoms with Gasteiger partial charge in [-0.25, -0.2) is 4.98 Å². The fourth-order valence-corrected chi connectivity index (χ4v) is 5.02.